The number of benzene rings is 1. The smallest absolute Gasteiger partial charge is 0.271 e. The topological polar surface area (TPSA) is 44.7 Å². The average Bonchev–Trinajstić information content (AvgIpc) is 2.84. The van der Waals surface area contributed by atoms with E-state index >= 15 is 0 Å². The summed E-state index contributed by atoms with van der Waals surface area (Å²) in [5.74, 6) is -0.208. The summed E-state index contributed by atoms with van der Waals surface area (Å²) in [6.45, 7) is 2.03. The number of thiophene rings is 1. The van der Waals surface area contributed by atoms with Crippen molar-refractivity contribution in [2.45, 2.75) is 6.92 Å². The fourth-order valence-corrected chi connectivity index (χ4v) is 2.40. The predicted octanol–water partition coefficient (Wildman–Crippen LogP) is 2.89. The number of hydrazone groups is 1. The lowest BCUT2D eigenvalue weighted by molar-refractivity contribution is 0.0955. The second-order valence-corrected chi connectivity index (χ2v) is 5.91. The van der Waals surface area contributed by atoms with Crippen LogP contribution < -0.4 is 10.3 Å². The van der Waals surface area contributed by atoms with Crippen molar-refractivity contribution in [1.82, 2.24) is 5.43 Å². The van der Waals surface area contributed by atoms with Crippen LogP contribution in [0.15, 0.2) is 41.5 Å². The third kappa shape index (κ3) is 3.68. The van der Waals surface area contributed by atoms with Crippen LogP contribution in [0.2, 0.25) is 0 Å². The van der Waals surface area contributed by atoms with Gasteiger partial charge in [-0.3, -0.25) is 4.79 Å². The first-order chi connectivity index (χ1) is 9.56. The summed E-state index contributed by atoms with van der Waals surface area (Å²) in [6, 6.07) is 11.4. The summed E-state index contributed by atoms with van der Waals surface area (Å²) in [6.07, 6.45) is 1.66. The Bertz CT molecular complexity index is 614. The van der Waals surface area contributed by atoms with Gasteiger partial charge >= 0.3 is 0 Å². The number of anilines is 1. The Morgan fingerprint density at radius 3 is 2.45 bits per heavy atom. The fourth-order valence-electron chi connectivity index (χ4n) is 1.65. The van der Waals surface area contributed by atoms with E-state index in [1.54, 1.807) is 29.7 Å². The fraction of sp³-hybridized carbons (Fsp3) is 0.200. The molecule has 1 heterocycles. The lowest BCUT2D eigenvalue weighted by Gasteiger charge is -2.12. The zero-order valence-electron chi connectivity index (χ0n) is 11.8. The minimum atomic E-state index is -0.208. The Morgan fingerprint density at radius 1 is 1.20 bits per heavy atom. The molecule has 0 atom stereocenters. The number of nitrogens with one attached hydrogen (secondary N) is 1. The van der Waals surface area contributed by atoms with Crippen LogP contribution in [-0.2, 0) is 0 Å². The summed E-state index contributed by atoms with van der Waals surface area (Å²) in [5, 5.41) is 3.96. The molecular weight excluding hydrogens is 270 g/mol. The van der Waals surface area contributed by atoms with Crippen LogP contribution in [-0.4, -0.2) is 26.2 Å². The van der Waals surface area contributed by atoms with Crippen LogP contribution in [0.25, 0.3) is 0 Å². The number of hydrogen-bond acceptors (Lipinski definition) is 4. The molecule has 1 aromatic heterocycles. The molecule has 0 aliphatic rings. The molecule has 0 aliphatic heterocycles. The van der Waals surface area contributed by atoms with Crippen molar-refractivity contribution >= 4 is 29.1 Å². The highest BCUT2D eigenvalue weighted by molar-refractivity contribution is 7.13. The van der Waals surface area contributed by atoms with E-state index in [0.717, 1.165) is 10.6 Å². The van der Waals surface area contributed by atoms with Crippen LogP contribution in [0.1, 0.15) is 20.1 Å². The third-order valence-electron chi connectivity index (χ3n) is 2.76. The van der Waals surface area contributed by atoms with Crippen molar-refractivity contribution in [3.63, 3.8) is 0 Å². The Morgan fingerprint density at radius 2 is 1.90 bits per heavy atom. The SMILES string of the molecule is Cc1ccc(C=NNC(=O)c2ccc(N(C)C)cc2)s1. The molecule has 0 fully saturated rings. The lowest BCUT2D eigenvalue weighted by Crippen LogP contribution is -2.17. The Hall–Kier alpha value is -2.14. The van der Waals surface area contributed by atoms with Gasteiger partial charge in [0.15, 0.2) is 0 Å². The van der Waals surface area contributed by atoms with Crippen LogP contribution in [0.4, 0.5) is 5.69 Å². The molecule has 0 unspecified atom stereocenters. The second kappa shape index (κ2) is 6.34. The standard InChI is InChI=1S/C15H17N3OS/c1-11-4-9-14(20-11)10-16-17-15(19)12-5-7-13(8-6-12)18(2)3/h4-10H,1-3H3,(H,17,19). The minimum Gasteiger partial charge on any atom is -0.378 e. The van der Waals surface area contributed by atoms with E-state index in [0.29, 0.717) is 5.56 Å². The molecule has 0 saturated carbocycles. The van der Waals surface area contributed by atoms with Crippen molar-refractivity contribution in [3.8, 4) is 0 Å². The molecule has 20 heavy (non-hydrogen) atoms. The number of hydrogen-bond donors (Lipinski definition) is 1. The minimum absolute atomic E-state index is 0.208. The van der Waals surface area contributed by atoms with Crippen molar-refractivity contribution in [1.29, 1.82) is 0 Å². The van der Waals surface area contributed by atoms with Gasteiger partial charge in [0.1, 0.15) is 0 Å². The summed E-state index contributed by atoms with van der Waals surface area (Å²) in [4.78, 5) is 16.1. The average molecular weight is 287 g/mol. The molecule has 0 bridgehead atoms. The van der Waals surface area contributed by atoms with Crippen LogP contribution in [0, 0.1) is 6.92 Å². The van der Waals surface area contributed by atoms with Gasteiger partial charge < -0.3 is 4.90 Å². The predicted molar refractivity (Wildman–Crippen MR) is 84.9 cm³/mol. The Kier molecular flexibility index (Phi) is 4.53. The number of carbonyl (C=O) groups is 1. The van der Waals surface area contributed by atoms with Gasteiger partial charge in [-0.25, -0.2) is 5.43 Å². The van der Waals surface area contributed by atoms with Crippen molar-refractivity contribution in [3.05, 3.63) is 51.7 Å². The highest BCUT2D eigenvalue weighted by Gasteiger charge is 2.04. The number of amides is 1. The van der Waals surface area contributed by atoms with Gasteiger partial charge in [0.2, 0.25) is 0 Å². The van der Waals surface area contributed by atoms with E-state index in [-0.39, 0.29) is 5.91 Å². The summed E-state index contributed by atoms with van der Waals surface area (Å²) in [5.41, 5.74) is 4.18. The monoisotopic (exact) mass is 287 g/mol. The van der Waals surface area contributed by atoms with Crippen molar-refractivity contribution in [2.75, 3.05) is 19.0 Å². The maximum absolute atomic E-state index is 11.9. The molecule has 0 spiro atoms. The number of rotatable bonds is 4. The molecular formula is C15H17N3OS. The molecule has 5 heteroatoms. The molecule has 1 N–H and O–H groups in total. The Balaban J connectivity index is 1.96. The highest BCUT2D eigenvalue weighted by Crippen LogP contribution is 2.13. The molecule has 2 aromatic rings. The number of aryl methyl sites for hydroxylation is 1. The molecule has 104 valence electrons. The molecule has 1 amide bonds. The maximum Gasteiger partial charge on any atom is 0.271 e. The second-order valence-electron chi connectivity index (χ2n) is 4.59. The molecule has 0 aliphatic carbocycles. The third-order valence-corrected chi connectivity index (χ3v) is 3.70. The van der Waals surface area contributed by atoms with E-state index in [9.17, 15) is 4.79 Å². The normalized spacial score (nSPS) is 10.8. The number of nitrogens with zero attached hydrogens (tertiary/aromatic N) is 2. The molecule has 4 nitrogen and oxygen atoms in total. The van der Waals surface area contributed by atoms with Gasteiger partial charge in [0, 0.05) is 35.1 Å². The first-order valence-corrected chi connectivity index (χ1v) is 7.05. The van der Waals surface area contributed by atoms with Gasteiger partial charge in [-0.05, 0) is 43.3 Å². The van der Waals surface area contributed by atoms with Crippen LogP contribution >= 0.6 is 11.3 Å². The molecule has 0 saturated heterocycles. The summed E-state index contributed by atoms with van der Waals surface area (Å²) < 4.78 is 0. The van der Waals surface area contributed by atoms with Gasteiger partial charge in [0.05, 0.1) is 6.21 Å². The van der Waals surface area contributed by atoms with Gasteiger partial charge in [-0.1, -0.05) is 0 Å². The van der Waals surface area contributed by atoms with E-state index in [1.165, 1.54) is 4.88 Å². The number of carbonyl (C=O) groups excluding carboxylic acids is 1. The summed E-state index contributed by atoms with van der Waals surface area (Å²) in [7, 11) is 3.92. The quantitative estimate of drug-likeness (QED) is 0.694. The first kappa shape index (κ1) is 14.3. The first-order valence-electron chi connectivity index (χ1n) is 6.23. The van der Waals surface area contributed by atoms with E-state index in [4.69, 9.17) is 0 Å². The van der Waals surface area contributed by atoms with Crippen molar-refractivity contribution in [2.24, 2.45) is 5.10 Å². The van der Waals surface area contributed by atoms with Crippen LogP contribution in [0.5, 0.6) is 0 Å². The maximum atomic E-state index is 11.9. The van der Waals surface area contributed by atoms with Crippen molar-refractivity contribution < 1.29 is 4.79 Å². The lowest BCUT2D eigenvalue weighted by atomic mass is 10.2. The Labute approximate surface area is 122 Å². The van der Waals surface area contributed by atoms with Gasteiger partial charge in [-0.2, -0.15) is 5.10 Å². The highest BCUT2D eigenvalue weighted by atomic mass is 32.1. The molecule has 0 radical (unpaired) electrons. The zero-order chi connectivity index (χ0) is 14.5. The largest absolute Gasteiger partial charge is 0.378 e. The van der Waals surface area contributed by atoms with Gasteiger partial charge in [-0.15, -0.1) is 11.3 Å². The summed E-state index contributed by atoms with van der Waals surface area (Å²) >= 11 is 1.63. The van der Waals surface area contributed by atoms with Gasteiger partial charge in [0.25, 0.3) is 5.91 Å². The van der Waals surface area contributed by atoms with Crippen LogP contribution in [0.3, 0.4) is 0 Å². The molecule has 2 rings (SSSR count). The molecule has 1 aromatic carbocycles. The van der Waals surface area contributed by atoms with E-state index in [2.05, 4.69) is 10.5 Å². The van der Waals surface area contributed by atoms with E-state index < -0.39 is 0 Å². The van der Waals surface area contributed by atoms with E-state index in [1.807, 2.05) is 50.2 Å². The zero-order valence-corrected chi connectivity index (χ0v) is 12.6.